The maximum absolute atomic E-state index is 14.4. The van der Waals surface area contributed by atoms with E-state index in [2.05, 4.69) is 36.9 Å². The molecule has 11 N–H and O–H groups in total. The molecule has 0 radical (unpaired) electrons. The number of nitrogens with zero attached hydrogens (tertiary/aromatic N) is 2. The molecule has 1 unspecified atom stereocenters. The number of carbonyl (C=O) groups is 5. The van der Waals surface area contributed by atoms with Crippen LogP contribution in [0.4, 0.5) is 10.5 Å². The van der Waals surface area contributed by atoms with Gasteiger partial charge in [-0.1, -0.05) is 55.5 Å². The first-order valence-electron chi connectivity index (χ1n) is 18.4. The molecule has 2 atom stereocenters. The van der Waals surface area contributed by atoms with E-state index >= 15 is 0 Å². The third-order valence-electron chi connectivity index (χ3n) is 8.84. The maximum atomic E-state index is 14.4. The quantitative estimate of drug-likeness (QED) is 0.0492. The Morgan fingerprint density at radius 2 is 1.56 bits per heavy atom. The Morgan fingerprint density at radius 3 is 2.25 bits per heavy atom. The van der Waals surface area contributed by atoms with Crippen molar-refractivity contribution in [1.82, 2.24) is 31.5 Å². The Hall–Kier alpha value is -6.00. The Bertz CT molecular complexity index is 1780. The molecule has 16 heteroatoms. The molecule has 0 spiro atoms. The fourth-order valence-electron chi connectivity index (χ4n) is 5.99. The van der Waals surface area contributed by atoms with Gasteiger partial charge >= 0.3 is 6.03 Å². The average Bonchev–Trinajstić information content (AvgIpc) is 3.60. The highest BCUT2D eigenvalue weighted by atomic mass is 16.3. The van der Waals surface area contributed by atoms with Gasteiger partial charge in [-0.05, 0) is 72.3 Å². The highest BCUT2D eigenvalue weighted by Crippen LogP contribution is 2.33. The van der Waals surface area contributed by atoms with Gasteiger partial charge in [0.25, 0.3) is 0 Å². The van der Waals surface area contributed by atoms with Gasteiger partial charge in [0.2, 0.25) is 23.6 Å². The van der Waals surface area contributed by atoms with Crippen molar-refractivity contribution in [3.8, 4) is 5.75 Å². The number of benzene rings is 3. The van der Waals surface area contributed by atoms with E-state index in [0.717, 1.165) is 16.7 Å². The van der Waals surface area contributed by atoms with Crippen LogP contribution in [0.3, 0.4) is 0 Å². The number of phenols is 1. The van der Waals surface area contributed by atoms with Gasteiger partial charge in [-0.3, -0.25) is 34.4 Å². The summed E-state index contributed by atoms with van der Waals surface area (Å²) in [6, 6.07) is 19.1. The molecule has 294 valence electrons. The number of aromatic hydroxyl groups is 1. The minimum absolute atomic E-state index is 0.0989. The van der Waals surface area contributed by atoms with Crippen LogP contribution in [0.1, 0.15) is 67.3 Å². The van der Waals surface area contributed by atoms with Crippen LogP contribution in [0, 0.1) is 0 Å². The van der Waals surface area contributed by atoms with Gasteiger partial charge < -0.3 is 43.2 Å². The predicted molar refractivity (Wildman–Crippen MR) is 209 cm³/mol. The fraction of sp³-hybridized carbons (Fsp3) is 0.385. The number of anilines is 1. The molecular weight excluding hydrogens is 704 g/mol. The van der Waals surface area contributed by atoms with E-state index in [1.165, 1.54) is 12.1 Å². The van der Waals surface area contributed by atoms with Crippen molar-refractivity contribution in [2.24, 2.45) is 16.5 Å². The van der Waals surface area contributed by atoms with Crippen molar-refractivity contribution >= 4 is 41.3 Å². The number of nitrogens with two attached hydrogens (primary N) is 2. The van der Waals surface area contributed by atoms with Crippen LogP contribution >= 0.6 is 0 Å². The lowest BCUT2D eigenvalue weighted by Gasteiger charge is -2.29. The van der Waals surface area contributed by atoms with Crippen molar-refractivity contribution in [2.75, 3.05) is 31.5 Å². The zero-order valence-corrected chi connectivity index (χ0v) is 31.1. The molecule has 1 heterocycles. The number of guanidine groups is 1. The average molecular weight is 757 g/mol. The topological polar surface area (TPSA) is 245 Å². The van der Waals surface area contributed by atoms with Gasteiger partial charge in [-0.2, -0.15) is 0 Å². The number of rotatable bonds is 19. The number of urea groups is 1. The minimum atomic E-state index is -0.970. The molecule has 0 aromatic heterocycles. The Morgan fingerprint density at radius 1 is 0.855 bits per heavy atom. The third-order valence-corrected chi connectivity index (χ3v) is 8.84. The number of phenolic OH excluding ortho intramolecular Hbond substituents is 1. The zero-order chi connectivity index (χ0) is 39.6. The van der Waals surface area contributed by atoms with E-state index < -0.39 is 29.9 Å². The molecular formula is C39H52N10O6. The number of fused-ring (bicyclic) bond motifs is 1. The van der Waals surface area contributed by atoms with Gasteiger partial charge in [-0.25, -0.2) is 4.79 Å². The van der Waals surface area contributed by atoms with Gasteiger partial charge in [0.1, 0.15) is 17.8 Å². The second kappa shape index (κ2) is 21.6. The number of aliphatic imine (C=N–C) groups is 1. The van der Waals surface area contributed by atoms with Crippen LogP contribution in [0.5, 0.6) is 5.75 Å². The summed E-state index contributed by atoms with van der Waals surface area (Å²) in [6.07, 6.45) is 1.68. The van der Waals surface area contributed by atoms with Crippen LogP contribution < -0.4 is 43.4 Å². The summed E-state index contributed by atoms with van der Waals surface area (Å²) in [7, 11) is 0. The summed E-state index contributed by atoms with van der Waals surface area (Å²) in [5.74, 6) is -1.16. The van der Waals surface area contributed by atoms with Gasteiger partial charge in [-0.15, -0.1) is 0 Å². The largest absolute Gasteiger partial charge is 0.508 e. The van der Waals surface area contributed by atoms with Crippen molar-refractivity contribution in [2.45, 2.75) is 70.7 Å². The van der Waals surface area contributed by atoms with Crippen molar-refractivity contribution < 1.29 is 29.1 Å². The van der Waals surface area contributed by atoms with E-state index in [4.69, 9.17) is 11.5 Å². The summed E-state index contributed by atoms with van der Waals surface area (Å²) < 4.78 is 0. The van der Waals surface area contributed by atoms with E-state index in [1.54, 1.807) is 37.3 Å². The molecule has 0 aliphatic carbocycles. The second-order valence-electron chi connectivity index (χ2n) is 13.1. The zero-order valence-electron chi connectivity index (χ0n) is 31.1. The Kier molecular flexibility index (Phi) is 16.4. The second-order valence-corrected chi connectivity index (χ2v) is 13.1. The molecule has 55 heavy (non-hydrogen) atoms. The number of hydrogen-bond donors (Lipinski definition) is 9. The summed E-state index contributed by atoms with van der Waals surface area (Å²) >= 11 is 0. The Balaban J connectivity index is 1.48. The van der Waals surface area contributed by atoms with Crippen LogP contribution in [0.2, 0.25) is 0 Å². The monoisotopic (exact) mass is 756 g/mol. The molecule has 3 aromatic rings. The molecule has 1 aliphatic heterocycles. The lowest BCUT2D eigenvalue weighted by atomic mass is 10.0. The highest BCUT2D eigenvalue weighted by molar-refractivity contribution is 5.95. The molecule has 3 aromatic carbocycles. The van der Waals surface area contributed by atoms with Crippen molar-refractivity contribution in [3.05, 3.63) is 95.1 Å². The van der Waals surface area contributed by atoms with E-state index in [0.29, 0.717) is 50.1 Å². The molecule has 1 aliphatic rings. The molecule has 0 saturated carbocycles. The van der Waals surface area contributed by atoms with Crippen molar-refractivity contribution in [3.63, 3.8) is 0 Å². The summed E-state index contributed by atoms with van der Waals surface area (Å²) in [6.45, 7) is 3.90. The highest BCUT2D eigenvalue weighted by Gasteiger charge is 2.34. The smallest absolute Gasteiger partial charge is 0.321 e. The van der Waals surface area contributed by atoms with Gasteiger partial charge in [0.05, 0.1) is 0 Å². The molecule has 0 fully saturated rings. The van der Waals surface area contributed by atoms with Crippen molar-refractivity contribution in [1.29, 1.82) is 0 Å². The van der Waals surface area contributed by atoms with Crippen LogP contribution in [0.15, 0.2) is 77.8 Å². The molecule has 4 rings (SSSR count). The van der Waals surface area contributed by atoms with E-state index in [-0.39, 0.29) is 62.5 Å². The third kappa shape index (κ3) is 13.7. The van der Waals surface area contributed by atoms with Crippen LogP contribution in [-0.2, 0) is 38.8 Å². The predicted octanol–water partition coefficient (Wildman–Crippen LogP) is 1.85. The number of nitrogens with one attached hydrogen (secondary N) is 6. The lowest BCUT2D eigenvalue weighted by Crippen LogP contribution is -2.50. The Labute approximate surface area is 320 Å². The molecule has 16 nitrogen and oxygen atoms in total. The van der Waals surface area contributed by atoms with Gasteiger partial charge in [0.15, 0.2) is 5.96 Å². The fourth-order valence-corrected chi connectivity index (χ4v) is 5.99. The standard InChI is InChI=1S/C39H52N10O6/c1-2-33(51)42-20-21-44-39(55)48-38(41)43-19-7-12-32(36(53)45-23-26-14-16-31(50)17-15-26)47-37(54)35(49-24-28-8-3-4-9-29(28)25-49)27-10-5-11-30(22-27)46-34(52)13-6-18-40/h3-5,8-11,14-17,22,32,35,50H,2,6-7,12-13,18-21,23-25,40H2,1H3,(H,42,51)(H,45,53)(H,46,52)(H,47,54)(H4,41,43,44,48,55)/t32-,35?/m1/s1. The summed E-state index contributed by atoms with van der Waals surface area (Å²) in [5.41, 5.74) is 15.6. The SMILES string of the molecule is CCC(=O)NCCNC(=O)NC(N)=NCCC[C@@H](NC(=O)C(c1cccc(NC(=O)CCCN)c1)N1Cc2ccccc2C1)C(=O)NCc1ccc(O)cc1. The number of amides is 6. The summed E-state index contributed by atoms with van der Waals surface area (Å²) in [4.78, 5) is 70.4. The normalized spacial score (nSPS) is 13.5. The lowest BCUT2D eigenvalue weighted by molar-refractivity contribution is -0.132. The van der Waals surface area contributed by atoms with E-state index in [1.807, 2.05) is 35.2 Å². The first-order chi connectivity index (χ1) is 26.6. The molecule has 6 amide bonds. The number of hydrogen-bond acceptors (Lipinski definition) is 9. The first-order valence-corrected chi connectivity index (χ1v) is 18.4. The van der Waals surface area contributed by atoms with Crippen LogP contribution in [-0.4, -0.2) is 77.8 Å². The molecule has 0 saturated heterocycles. The summed E-state index contributed by atoms with van der Waals surface area (Å²) in [5, 5.41) is 26.1. The van der Waals surface area contributed by atoms with Crippen LogP contribution in [0.25, 0.3) is 0 Å². The number of carbonyl (C=O) groups excluding carboxylic acids is 5. The maximum Gasteiger partial charge on any atom is 0.321 e. The van der Waals surface area contributed by atoms with Gasteiger partial charge in [0, 0.05) is 57.8 Å². The van der Waals surface area contributed by atoms with E-state index in [9.17, 15) is 29.1 Å². The molecule has 0 bridgehead atoms. The first kappa shape index (κ1) is 41.8. The minimum Gasteiger partial charge on any atom is -0.508 e.